The van der Waals surface area contributed by atoms with Gasteiger partial charge in [0.15, 0.2) is 6.61 Å². The minimum Gasteiger partial charge on any atom is -0.456 e. The standard InChI is InChI=1S/C22H22ClN3O5S2/c23-16-5-7-17(8-6-16)33(29,30)26-13-11-25(12-14-26)21(27)15-31-22(28)10-9-20-24-18-3-1-2-4-19(18)32-20/h1-8H,9-15H2. The molecule has 0 bridgehead atoms. The highest BCUT2D eigenvalue weighted by molar-refractivity contribution is 7.89. The summed E-state index contributed by atoms with van der Waals surface area (Å²) in [6.07, 6.45) is 0.591. The van der Waals surface area contributed by atoms with Crippen molar-refractivity contribution in [3.05, 3.63) is 58.6 Å². The summed E-state index contributed by atoms with van der Waals surface area (Å²) in [5, 5.41) is 1.30. The molecule has 1 saturated heterocycles. The predicted molar refractivity (Wildman–Crippen MR) is 126 cm³/mol. The Balaban J connectivity index is 1.22. The monoisotopic (exact) mass is 507 g/mol. The van der Waals surface area contributed by atoms with Gasteiger partial charge in [0.25, 0.3) is 5.91 Å². The number of sulfonamides is 1. The number of para-hydroxylation sites is 1. The number of carbonyl (C=O) groups is 2. The molecule has 0 radical (unpaired) electrons. The van der Waals surface area contributed by atoms with Gasteiger partial charge in [-0.3, -0.25) is 9.59 Å². The lowest BCUT2D eigenvalue weighted by atomic mass is 10.3. The Morgan fingerprint density at radius 1 is 1.03 bits per heavy atom. The summed E-state index contributed by atoms with van der Waals surface area (Å²) in [6.45, 7) is 0.441. The molecule has 0 N–H and O–H groups in total. The Bertz CT molecular complexity index is 1220. The van der Waals surface area contributed by atoms with E-state index in [1.807, 2.05) is 24.3 Å². The molecule has 0 unspecified atom stereocenters. The molecule has 0 saturated carbocycles. The first-order chi connectivity index (χ1) is 15.8. The first-order valence-corrected chi connectivity index (χ1v) is 13.0. The highest BCUT2D eigenvalue weighted by atomic mass is 35.5. The number of fused-ring (bicyclic) bond motifs is 1. The molecule has 1 amide bonds. The molecule has 0 atom stereocenters. The van der Waals surface area contributed by atoms with Gasteiger partial charge in [0.2, 0.25) is 10.0 Å². The van der Waals surface area contributed by atoms with Crippen molar-refractivity contribution in [1.82, 2.24) is 14.2 Å². The van der Waals surface area contributed by atoms with Crippen molar-refractivity contribution in [2.45, 2.75) is 17.7 Å². The number of rotatable bonds is 7. The first-order valence-electron chi connectivity index (χ1n) is 10.4. The zero-order valence-corrected chi connectivity index (χ0v) is 20.0. The van der Waals surface area contributed by atoms with E-state index < -0.39 is 16.0 Å². The summed E-state index contributed by atoms with van der Waals surface area (Å²) in [7, 11) is -3.65. The number of aryl methyl sites for hydroxylation is 1. The Labute approximate surface area is 200 Å². The normalized spacial score (nSPS) is 15.0. The van der Waals surface area contributed by atoms with Crippen molar-refractivity contribution in [3.8, 4) is 0 Å². The summed E-state index contributed by atoms with van der Waals surface area (Å²) in [5.74, 6) is -0.807. The van der Waals surface area contributed by atoms with Crippen molar-refractivity contribution in [2.75, 3.05) is 32.8 Å². The molecule has 0 aliphatic carbocycles. The second-order valence-electron chi connectivity index (χ2n) is 7.47. The van der Waals surface area contributed by atoms with E-state index in [0.717, 1.165) is 15.2 Å². The lowest BCUT2D eigenvalue weighted by molar-refractivity contribution is -0.152. The summed E-state index contributed by atoms with van der Waals surface area (Å²) in [6, 6.07) is 13.7. The fourth-order valence-corrected chi connectivity index (χ4v) is 5.99. The van der Waals surface area contributed by atoms with Gasteiger partial charge >= 0.3 is 5.97 Å². The van der Waals surface area contributed by atoms with E-state index in [-0.39, 0.29) is 50.0 Å². The number of thiazole rings is 1. The van der Waals surface area contributed by atoms with Gasteiger partial charge in [-0.25, -0.2) is 13.4 Å². The summed E-state index contributed by atoms with van der Waals surface area (Å²) < 4.78 is 33.0. The van der Waals surface area contributed by atoms with E-state index in [4.69, 9.17) is 16.3 Å². The lowest BCUT2D eigenvalue weighted by Crippen LogP contribution is -2.51. The first kappa shape index (κ1) is 23.6. The third-order valence-corrected chi connectivity index (χ3v) is 8.54. The molecule has 0 spiro atoms. The van der Waals surface area contributed by atoms with Crippen molar-refractivity contribution in [1.29, 1.82) is 0 Å². The largest absolute Gasteiger partial charge is 0.456 e. The Hall–Kier alpha value is -2.53. The minimum atomic E-state index is -3.65. The fourth-order valence-electron chi connectivity index (χ4n) is 3.48. The highest BCUT2D eigenvalue weighted by Gasteiger charge is 2.30. The number of carbonyl (C=O) groups excluding carboxylic acids is 2. The molecule has 1 fully saturated rings. The van der Waals surface area contributed by atoms with E-state index in [1.165, 1.54) is 44.8 Å². The molecule has 33 heavy (non-hydrogen) atoms. The predicted octanol–water partition coefficient (Wildman–Crippen LogP) is 2.96. The van der Waals surface area contributed by atoms with Gasteiger partial charge in [0, 0.05) is 37.6 Å². The maximum Gasteiger partial charge on any atom is 0.306 e. The van der Waals surface area contributed by atoms with Gasteiger partial charge in [-0.2, -0.15) is 4.31 Å². The molecule has 1 aliphatic rings. The summed E-state index contributed by atoms with van der Waals surface area (Å²) in [5.41, 5.74) is 0.901. The quantitative estimate of drug-likeness (QED) is 0.456. The number of esters is 1. The number of aromatic nitrogens is 1. The topological polar surface area (TPSA) is 96.9 Å². The van der Waals surface area contributed by atoms with Crippen molar-refractivity contribution in [2.24, 2.45) is 0 Å². The highest BCUT2D eigenvalue weighted by Crippen LogP contribution is 2.23. The van der Waals surface area contributed by atoms with Gasteiger partial charge in [-0.05, 0) is 36.4 Å². The van der Waals surface area contributed by atoms with Crippen LogP contribution in [0.1, 0.15) is 11.4 Å². The number of piperazine rings is 1. The zero-order chi connectivity index (χ0) is 23.4. The second-order valence-corrected chi connectivity index (χ2v) is 11.0. The van der Waals surface area contributed by atoms with Crippen LogP contribution in [0.3, 0.4) is 0 Å². The van der Waals surface area contributed by atoms with Crippen LogP contribution < -0.4 is 0 Å². The van der Waals surface area contributed by atoms with Gasteiger partial charge in [-0.1, -0.05) is 23.7 Å². The molecule has 8 nitrogen and oxygen atoms in total. The zero-order valence-electron chi connectivity index (χ0n) is 17.6. The number of hydrogen-bond donors (Lipinski definition) is 0. The number of nitrogens with zero attached hydrogens (tertiary/aromatic N) is 3. The van der Waals surface area contributed by atoms with E-state index in [0.29, 0.717) is 11.4 Å². The molecule has 11 heteroatoms. The van der Waals surface area contributed by atoms with Gasteiger partial charge < -0.3 is 9.64 Å². The summed E-state index contributed by atoms with van der Waals surface area (Å²) >= 11 is 7.36. The molecule has 1 aromatic heterocycles. The molecular formula is C22H22ClN3O5S2. The Morgan fingerprint density at radius 3 is 2.42 bits per heavy atom. The van der Waals surface area contributed by atoms with Gasteiger partial charge in [-0.15, -0.1) is 11.3 Å². The Morgan fingerprint density at radius 2 is 1.73 bits per heavy atom. The van der Waals surface area contributed by atoms with Crippen LogP contribution in [-0.2, 0) is 30.8 Å². The summed E-state index contributed by atoms with van der Waals surface area (Å²) in [4.78, 5) is 30.6. The average molecular weight is 508 g/mol. The maximum absolute atomic E-state index is 12.7. The number of halogens is 1. The average Bonchev–Trinajstić information content (AvgIpc) is 3.24. The maximum atomic E-state index is 12.7. The number of ether oxygens (including phenoxy) is 1. The van der Waals surface area contributed by atoms with Crippen LogP contribution in [0.15, 0.2) is 53.4 Å². The van der Waals surface area contributed by atoms with Crippen LogP contribution in [0, 0.1) is 0 Å². The van der Waals surface area contributed by atoms with Crippen molar-refractivity contribution in [3.63, 3.8) is 0 Å². The lowest BCUT2D eigenvalue weighted by Gasteiger charge is -2.33. The van der Waals surface area contributed by atoms with Crippen LogP contribution >= 0.6 is 22.9 Å². The van der Waals surface area contributed by atoms with E-state index in [2.05, 4.69) is 4.98 Å². The van der Waals surface area contributed by atoms with Crippen LogP contribution in [0.2, 0.25) is 5.02 Å². The van der Waals surface area contributed by atoms with Crippen LogP contribution in [0.4, 0.5) is 0 Å². The third kappa shape index (κ3) is 5.70. The molecular weight excluding hydrogens is 486 g/mol. The van der Waals surface area contributed by atoms with Crippen LogP contribution in [-0.4, -0.2) is 67.3 Å². The molecule has 2 aromatic carbocycles. The number of amides is 1. The Kier molecular flexibility index (Phi) is 7.28. The smallest absolute Gasteiger partial charge is 0.306 e. The molecule has 2 heterocycles. The van der Waals surface area contributed by atoms with Crippen molar-refractivity contribution < 1.29 is 22.7 Å². The van der Waals surface area contributed by atoms with E-state index in [1.54, 1.807) is 0 Å². The van der Waals surface area contributed by atoms with E-state index >= 15 is 0 Å². The van der Waals surface area contributed by atoms with E-state index in [9.17, 15) is 18.0 Å². The minimum absolute atomic E-state index is 0.139. The SMILES string of the molecule is O=C(CCc1nc2ccccc2s1)OCC(=O)N1CCN(S(=O)(=O)c2ccc(Cl)cc2)CC1. The number of benzene rings is 2. The molecule has 1 aliphatic heterocycles. The second kappa shape index (κ2) is 10.2. The van der Waals surface area contributed by atoms with Crippen LogP contribution in [0.25, 0.3) is 10.2 Å². The van der Waals surface area contributed by atoms with Crippen LogP contribution in [0.5, 0.6) is 0 Å². The fraction of sp³-hybridized carbons (Fsp3) is 0.318. The van der Waals surface area contributed by atoms with Gasteiger partial charge in [0.1, 0.15) is 0 Å². The van der Waals surface area contributed by atoms with Crippen molar-refractivity contribution >= 4 is 55.1 Å². The molecule has 4 rings (SSSR count). The molecule has 174 valence electrons. The van der Waals surface area contributed by atoms with Gasteiger partial charge in [0.05, 0.1) is 26.5 Å². The number of hydrogen-bond acceptors (Lipinski definition) is 7. The third-order valence-electron chi connectivity index (χ3n) is 5.28. The molecule has 3 aromatic rings.